The predicted octanol–water partition coefficient (Wildman–Crippen LogP) is 4.11. The minimum atomic E-state index is 0.619. The summed E-state index contributed by atoms with van der Waals surface area (Å²) in [7, 11) is 0. The molecule has 17 heavy (non-hydrogen) atoms. The Morgan fingerprint density at radius 1 is 1.06 bits per heavy atom. The summed E-state index contributed by atoms with van der Waals surface area (Å²) in [6.45, 7) is 4.44. The van der Waals surface area contributed by atoms with Gasteiger partial charge in [0.05, 0.1) is 0 Å². The van der Waals surface area contributed by atoms with E-state index in [1.165, 1.54) is 44.1 Å². The molecule has 1 aliphatic rings. The monoisotopic (exact) mass is 232 g/mol. The molecule has 0 bridgehead atoms. The maximum absolute atomic E-state index is 4.53. The van der Waals surface area contributed by atoms with E-state index >= 15 is 0 Å². The van der Waals surface area contributed by atoms with Gasteiger partial charge in [-0.3, -0.25) is 0 Å². The van der Waals surface area contributed by atoms with Crippen molar-refractivity contribution in [2.75, 3.05) is 0 Å². The van der Waals surface area contributed by atoms with Crippen LogP contribution in [0.4, 0.5) is 0 Å². The predicted molar refractivity (Wildman–Crippen MR) is 71.0 cm³/mol. The molecule has 0 N–H and O–H groups in total. The van der Waals surface area contributed by atoms with E-state index in [2.05, 4.69) is 23.8 Å². The summed E-state index contributed by atoms with van der Waals surface area (Å²) in [5.41, 5.74) is 1.24. The minimum Gasteiger partial charge on any atom is -0.241 e. The molecule has 0 radical (unpaired) electrons. The van der Waals surface area contributed by atoms with Crippen LogP contribution in [0.25, 0.3) is 0 Å². The fourth-order valence-corrected chi connectivity index (χ4v) is 2.88. The third kappa shape index (κ3) is 3.27. The fourth-order valence-electron chi connectivity index (χ4n) is 2.88. The second kappa shape index (κ2) is 6.13. The number of rotatable bonds is 4. The van der Waals surface area contributed by atoms with Crippen molar-refractivity contribution in [3.8, 4) is 0 Å². The maximum atomic E-state index is 4.53. The summed E-state index contributed by atoms with van der Waals surface area (Å²) in [6.07, 6.45) is 13.1. The molecule has 0 atom stereocenters. The van der Waals surface area contributed by atoms with Gasteiger partial charge in [0.1, 0.15) is 5.82 Å². The molecule has 0 aromatic carbocycles. The summed E-state index contributed by atoms with van der Waals surface area (Å²) in [4.78, 5) is 9.07. The van der Waals surface area contributed by atoms with Crippen LogP contribution in [0.3, 0.4) is 0 Å². The third-order valence-corrected chi connectivity index (χ3v) is 4.04. The van der Waals surface area contributed by atoms with Crippen molar-refractivity contribution in [1.82, 2.24) is 9.97 Å². The summed E-state index contributed by atoms with van der Waals surface area (Å²) in [6, 6.07) is 0. The van der Waals surface area contributed by atoms with Crippen LogP contribution in [0.15, 0.2) is 12.4 Å². The molecule has 0 amide bonds. The largest absolute Gasteiger partial charge is 0.241 e. The smallest absolute Gasteiger partial charge is 0.131 e. The lowest BCUT2D eigenvalue weighted by Crippen LogP contribution is -2.15. The number of nitrogens with zero attached hydrogens (tertiary/aromatic N) is 2. The summed E-state index contributed by atoms with van der Waals surface area (Å²) in [5.74, 6) is 2.66. The van der Waals surface area contributed by atoms with Crippen LogP contribution in [0.2, 0.25) is 0 Å². The Balaban J connectivity index is 1.91. The number of hydrogen-bond acceptors (Lipinski definition) is 2. The van der Waals surface area contributed by atoms with Crippen LogP contribution in [0.1, 0.15) is 69.7 Å². The summed E-state index contributed by atoms with van der Waals surface area (Å²) >= 11 is 0. The average molecular weight is 232 g/mol. The van der Waals surface area contributed by atoms with Crippen LogP contribution < -0.4 is 0 Å². The van der Waals surface area contributed by atoms with Crippen molar-refractivity contribution in [2.24, 2.45) is 5.92 Å². The molecule has 1 aromatic heterocycles. The maximum Gasteiger partial charge on any atom is 0.131 e. The van der Waals surface area contributed by atoms with E-state index in [-0.39, 0.29) is 0 Å². The summed E-state index contributed by atoms with van der Waals surface area (Å²) < 4.78 is 0. The topological polar surface area (TPSA) is 25.8 Å². The first-order chi connectivity index (χ1) is 8.33. The lowest BCUT2D eigenvalue weighted by molar-refractivity contribution is 0.302. The lowest BCUT2D eigenvalue weighted by Gasteiger charge is -2.27. The highest BCUT2D eigenvalue weighted by Gasteiger charge is 2.23. The molecular formula is C15H24N2. The second-order valence-electron chi connectivity index (χ2n) is 5.31. The van der Waals surface area contributed by atoms with E-state index in [1.807, 2.05) is 12.4 Å². The van der Waals surface area contributed by atoms with Crippen molar-refractivity contribution in [2.45, 2.75) is 64.7 Å². The molecular weight excluding hydrogens is 208 g/mol. The van der Waals surface area contributed by atoms with E-state index in [4.69, 9.17) is 0 Å². The van der Waals surface area contributed by atoms with Crippen LogP contribution in [0.5, 0.6) is 0 Å². The minimum absolute atomic E-state index is 0.619. The van der Waals surface area contributed by atoms with Crippen molar-refractivity contribution in [3.63, 3.8) is 0 Å². The molecule has 0 spiro atoms. The normalized spacial score (nSPS) is 24.8. The Labute approximate surface area is 105 Å². The van der Waals surface area contributed by atoms with Crippen LogP contribution in [-0.2, 0) is 6.42 Å². The Hall–Kier alpha value is -0.920. The van der Waals surface area contributed by atoms with Gasteiger partial charge in [-0.1, -0.05) is 26.7 Å². The fraction of sp³-hybridized carbons (Fsp3) is 0.733. The van der Waals surface area contributed by atoms with Gasteiger partial charge in [0.15, 0.2) is 0 Å². The van der Waals surface area contributed by atoms with Gasteiger partial charge >= 0.3 is 0 Å². The Morgan fingerprint density at radius 3 is 2.24 bits per heavy atom. The number of aromatic nitrogens is 2. The van der Waals surface area contributed by atoms with E-state index in [1.54, 1.807) is 0 Å². The second-order valence-corrected chi connectivity index (χ2v) is 5.31. The van der Waals surface area contributed by atoms with E-state index < -0.39 is 0 Å². The molecule has 2 rings (SSSR count). The van der Waals surface area contributed by atoms with Crippen molar-refractivity contribution >= 4 is 0 Å². The standard InChI is InChI=1S/C15H24N2/c1-3-5-13-6-8-14(9-7-13)15-16-10-12(4-2)11-17-15/h10-11,13-14H,3-9H2,1-2H3. The first kappa shape index (κ1) is 12.5. The van der Waals surface area contributed by atoms with Gasteiger partial charge in [0.25, 0.3) is 0 Å². The van der Waals surface area contributed by atoms with Crippen molar-refractivity contribution in [1.29, 1.82) is 0 Å². The van der Waals surface area contributed by atoms with Gasteiger partial charge in [-0.15, -0.1) is 0 Å². The molecule has 1 heterocycles. The van der Waals surface area contributed by atoms with Gasteiger partial charge in [-0.05, 0) is 43.6 Å². The van der Waals surface area contributed by atoms with Gasteiger partial charge in [-0.25, -0.2) is 9.97 Å². The molecule has 1 aliphatic carbocycles. The number of aryl methyl sites for hydroxylation is 1. The van der Waals surface area contributed by atoms with E-state index in [9.17, 15) is 0 Å². The molecule has 1 aromatic rings. The molecule has 0 unspecified atom stereocenters. The highest BCUT2D eigenvalue weighted by molar-refractivity contribution is 5.07. The molecule has 94 valence electrons. The van der Waals surface area contributed by atoms with Gasteiger partial charge < -0.3 is 0 Å². The molecule has 1 fully saturated rings. The average Bonchev–Trinajstić information content (AvgIpc) is 2.40. The van der Waals surface area contributed by atoms with Crippen LogP contribution >= 0.6 is 0 Å². The third-order valence-electron chi connectivity index (χ3n) is 4.04. The van der Waals surface area contributed by atoms with Crippen LogP contribution in [0, 0.1) is 5.92 Å². The zero-order valence-corrected chi connectivity index (χ0v) is 11.2. The molecule has 2 heteroatoms. The highest BCUT2D eigenvalue weighted by atomic mass is 14.9. The van der Waals surface area contributed by atoms with Crippen LogP contribution in [-0.4, -0.2) is 9.97 Å². The van der Waals surface area contributed by atoms with Gasteiger partial charge in [-0.2, -0.15) is 0 Å². The Kier molecular flexibility index (Phi) is 4.52. The molecule has 0 aliphatic heterocycles. The Bertz CT molecular complexity index is 323. The van der Waals surface area contributed by atoms with Gasteiger partial charge in [0, 0.05) is 18.3 Å². The first-order valence-electron chi connectivity index (χ1n) is 7.14. The summed E-state index contributed by atoms with van der Waals surface area (Å²) in [5, 5.41) is 0. The zero-order valence-electron chi connectivity index (χ0n) is 11.2. The van der Waals surface area contributed by atoms with Crippen molar-refractivity contribution < 1.29 is 0 Å². The van der Waals surface area contributed by atoms with E-state index in [0.29, 0.717) is 5.92 Å². The van der Waals surface area contributed by atoms with E-state index in [0.717, 1.165) is 18.2 Å². The van der Waals surface area contributed by atoms with Crippen molar-refractivity contribution in [3.05, 3.63) is 23.8 Å². The number of hydrogen-bond donors (Lipinski definition) is 0. The lowest BCUT2D eigenvalue weighted by atomic mass is 9.80. The molecule has 0 saturated heterocycles. The molecule has 2 nitrogen and oxygen atoms in total. The zero-order chi connectivity index (χ0) is 12.1. The first-order valence-corrected chi connectivity index (χ1v) is 7.14. The van der Waals surface area contributed by atoms with Gasteiger partial charge in [0.2, 0.25) is 0 Å². The molecule has 1 saturated carbocycles. The SMILES string of the molecule is CCCC1CCC(c2ncc(CC)cn2)CC1. The quantitative estimate of drug-likeness (QED) is 0.780. The highest BCUT2D eigenvalue weighted by Crippen LogP contribution is 2.35. The Morgan fingerprint density at radius 2 is 1.71 bits per heavy atom.